The molecule has 1 aromatic carbocycles. The van der Waals surface area contributed by atoms with Gasteiger partial charge in [-0.05, 0) is 31.2 Å². The second kappa shape index (κ2) is 4.49. The van der Waals surface area contributed by atoms with E-state index in [1.165, 1.54) is 36.8 Å². The zero-order valence-corrected chi connectivity index (χ0v) is 9.24. The van der Waals surface area contributed by atoms with E-state index in [1.807, 2.05) is 0 Å². The molecule has 1 aliphatic rings. The standard InChI is InChI=1S/C14H17N/c1-11-6-8-13(9-7-11)14(10-15)12-4-2-3-5-12/h6-9,12,14H,2-5H2,1H3. The van der Waals surface area contributed by atoms with E-state index in [0.29, 0.717) is 5.92 Å². The number of benzene rings is 1. The van der Waals surface area contributed by atoms with E-state index in [2.05, 4.69) is 37.3 Å². The molecule has 1 unspecified atom stereocenters. The Kier molecular flexibility index (Phi) is 3.06. The molecule has 1 fully saturated rings. The molecule has 1 nitrogen and oxygen atoms in total. The summed E-state index contributed by atoms with van der Waals surface area (Å²) < 4.78 is 0. The summed E-state index contributed by atoms with van der Waals surface area (Å²) in [6, 6.07) is 10.9. The summed E-state index contributed by atoms with van der Waals surface area (Å²) in [6.45, 7) is 2.08. The Morgan fingerprint density at radius 2 is 1.80 bits per heavy atom. The first-order valence-corrected chi connectivity index (χ1v) is 5.77. The van der Waals surface area contributed by atoms with Crippen molar-refractivity contribution in [2.75, 3.05) is 0 Å². The number of hydrogen-bond acceptors (Lipinski definition) is 1. The van der Waals surface area contributed by atoms with Crippen LogP contribution in [0.3, 0.4) is 0 Å². The Balaban J connectivity index is 2.19. The molecule has 0 spiro atoms. The number of rotatable bonds is 2. The lowest BCUT2D eigenvalue weighted by atomic mass is 9.86. The molecule has 1 atom stereocenters. The van der Waals surface area contributed by atoms with Gasteiger partial charge >= 0.3 is 0 Å². The number of aryl methyl sites for hydroxylation is 1. The number of hydrogen-bond donors (Lipinski definition) is 0. The molecule has 0 heterocycles. The second-order valence-electron chi connectivity index (χ2n) is 4.56. The van der Waals surface area contributed by atoms with Gasteiger partial charge < -0.3 is 0 Å². The van der Waals surface area contributed by atoms with E-state index >= 15 is 0 Å². The number of nitrogens with zero attached hydrogens (tertiary/aromatic N) is 1. The maximum atomic E-state index is 9.26. The summed E-state index contributed by atoms with van der Waals surface area (Å²) in [7, 11) is 0. The summed E-state index contributed by atoms with van der Waals surface area (Å²) in [4.78, 5) is 0. The Bertz CT molecular complexity index is 352. The van der Waals surface area contributed by atoms with Gasteiger partial charge in [-0.1, -0.05) is 42.7 Å². The largest absolute Gasteiger partial charge is 0.198 e. The Morgan fingerprint density at radius 3 is 2.33 bits per heavy atom. The summed E-state index contributed by atoms with van der Waals surface area (Å²) in [5, 5.41) is 9.26. The Hall–Kier alpha value is -1.29. The smallest absolute Gasteiger partial charge is 0.0740 e. The quantitative estimate of drug-likeness (QED) is 0.710. The van der Waals surface area contributed by atoms with Gasteiger partial charge in [0.25, 0.3) is 0 Å². The van der Waals surface area contributed by atoms with Crippen LogP contribution in [0.5, 0.6) is 0 Å². The number of nitriles is 1. The third kappa shape index (κ3) is 2.21. The fraction of sp³-hybridized carbons (Fsp3) is 0.500. The molecular weight excluding hydrogens is 182 g/mol. The first kappa shape index (κ1) is 10.2. The van der Waals surface area contributed by atoms with Gasteiger partial charge in [0, 0.05) is 0 Å². The van der Waals surface area contributed by atoms with Crippen molar-refractivity contribution in [2.45, 2.75) is 38.5 Å². The summed E-state index contributed by atoms with van der Waals surface area (Å²) >= 11 is 0. The molecule has 1 aromatic rings. The van der Waals surface area contributed by atoms with Crippen LogP contribution in [0.2, 0.25) is 0 Å². The van der Waals surface area contributed by atoms with Gasteiger partial charge in [0.2, 0.25) is 0 Å². The maximum Gasteiger partial charge on any atom is 0.0740 e. The first-order chi connectivity index (χ1) is 7.31. The minimum atomic E-state index is 0.119. The van der Waals surface area contributed by atoms with Crippen LogP contribution in [0.1, 0.15) is 42.7 Å². The van der Waals surface area contributed by atoms with Gasteiger partial charge in [0.1, 0.15) is 0 Å². The molecule has 0 N–H and O–H groups in total. The van der Waals surface area contributed by atoms with Gasteiger partial charge in [0.15, 0.2) is 0 Å². The van der Waals surface area contributed by atoms with Crippen molar-refractivity contribution in [3.8, 4) is 6.07 Å². The lowest BCUT2D eigenvalue weighted by molar-refractivity contribution is 0.501. The maximum absolute atomic E-state index is 9.26. The lowest BCUT2D eigenvalue weighted by Crippen LogP contribution is -2.07. The van der Waals surface area contributed by atoms with Crippen molar-refractivity contribution in [3.63, 3.8) is 0 Å². The van der Waals surface area contributed by atoms with Crippen molar-refractivity contribution < 1.29 is 0 Å². The topological polar surface area (TPSA) is 23.8 Å². The first-order valence-electron chi connectivity index (χ1n) is 5.77. The highest BCUT2D eigenvalue weighted by Crippen LogP contribution is 2.36. The molecule has 0 aromatic heterocycles. The molecule has 2 rings (SSSR count). The summed E-state index contributed by atoms with van der Waals surface area (Å²) in [5.41, 5.74) is 2.47. The van der Waals surface area contributed by atoms with E-state index in [-0.39, 0.29) is 5.92 Å². The van der Waals surface area contributed by atoms with E-state index in [1.54, 1.807) is 0 Å². The van der Waals surface area contributed by atoms with Crippen LogP contribution in [0.15, 0.2) is 24.3 Å². The molecule has 0 bridgehead atoms. The van der Waals surface area contributed by atoms with Crippen molar-refractivity contribution in [1.82, 2.24) is 0 Å². The van der Waals surface area contributed by atoms with Crippen LogP contribution < -0.4 is 0 Å². The van der Waals surface area contributed by atoms with Crippen LogP contribution in [-0.4, -0.2) is 0 Å². The summed E-state index contributed by atoms with van der Waals surface area (Å²) in [5.74, 6) is 0.714. The predicted molar refractivity (Wildman–Crippen MR) is 61.5 cm³/mol. The molecule has 0 amide bonds. The monoisotopic (exact) mass is 199 g/mol. The fourth-order valence-corrected chi connectivity index (χ4v) is 2.52. The van der Waals surface area contributed by atoms with Gasteiger partial charge in [-0.25, -0.2) is 0 Å². The lowest BCUT2D eigenvalue weighted by Gasteiger charge is -2.16. The highest BCUT2D eigenvalue weighted by Gasteiger charge is 2.25. The molecule has 0 saturated heterocycles. The average molecular weight is 199 g/mol. The van der Waals surface area contributed by atoms with Crippen LogP contribution in [0.25, 0.3) is 0 Å². The molecular formula is C14H17N. The molecule has 1 saturated carbocycles. The third-order valence-corrected chi connectivity index (χ3v) is 3.45. The minimum absolute atomic E-state index is 0.119. The Labute approximate surface area is 91.7 Å². The van der Waals surface area contributed by atoms with Crippen molar-refractivity contribution in [1.29, 1.82) is 5.26 Å². The van der Waals surface area contributed by atoms with E-state index in [4.69, 9.17) is 0 Å². The van der Waals surface area contributed by atoms with Gasteiger partial charge in [0.05, 0.1) is 12.0 Å². The summed E-state index contributed by atoms with van der Waals surface area (Å²) in [6.07, 6.45) is 5.06. The molecule has 1 aliphatic carbocycles. The van der Waals surface area contributed by atoms with Crippen LogP contribution >= 0.6 is 0 Å². The minimum Gasteiger partial charge on any atom is -0.198 e. The Morgan fingerprint density at radius 1 is 1.20 bits per heavy atom. The van der Waals surface area contributed by atoms with Gasteiger partial charge in [-0.2, -0.15) is 5.26 Å². The van der Waals surface area contributed by atoms with E-state index < -0.39 is 0 Å². The van der Waals surface area contributed by atoms with Crippen LogP contribution in [0.4, 0.5) is 0 Å². The SMILES string of the molecule is Cc1ccc(C(C#N)C2CCCC2)cc1. The molecule has 1 heteroatoms. The zero-order valence-electron chi connectivity index (χ0n) is 9.24. The van der Waals surface area contributed by atoms with Crippen molar-refractivity contribution in [3.05, 3.63) is 35.4 Å². The third-order valence-electron chi connectivity index (χ3n) is 3.45. The average Bonchev–Trinajstić information content (AvgIpc) is 2.75. The molecule has 15 heavy (non-hydrogen) atoms. The highest BCUT2D eigenvalue weighted by atomic mass is 14.3. The van der Waals surface area contributed by atoms with Gasteiger partial charge in [-0.3, -0.25) is 0 Å². The van der Waals surface area contributed by atoms with E-state index in [9.17, 15) is 5.26 Å². The second-order valence-corrected chi connectivity index (χ2v) is 4.56. The van der Waals surface area contributed by atoms with Crippen molar-refractivity contribution >= 4 is 0 Å². The fourth-order valence-electron chi connectivity index (χ4n) is 2.52. The normalized spacial score (nSPS) is 18.7. The van der Waals surface area contributed by atoms with Crippen LogP contribution in [-0.2, 0) is 0 Å². The molecule has 0 aliphatic heterocycles. The predicted octanol–water partition coefficient (Wildman–Crippen LogP) is 3.79. The molecule has 78 valence electrons. The van der Waals surface area contributed by atoms with Gasteiger partial charge in [-0.15, -0.1) is 0 Å². The zero-order chi connectivity index (χ0) is 10.7. The highest BCUT2D eigenvalue weighted by molar-refractivity contribution is 5.29. The van der Waals surface area contributed by atoms with E-state index in [0.717, 1.165) is 0 Å². The van der Waals surface area contributed by atoms with Crippen LogP contribution in [0, 0.1) is 24.2 Å². The van der Waals surface area contributed by atoms with Crippen molar-refractivity contribution in [2.24, 2.45) is 5.92 Å². The molecule has 0 radical (unpaired) electrons.